The number of esters is 3. The maximum absolute atomic E-state index is 12.8. The zero-order valence-corrected chi connectivity index (χ0v) is 42.1. The third-order valence-corrected chi connectivity index (χ3v) is 9.71. The molecule has 0 aromatic carbocycles. The summed E-state index contributed by atoms with van der Waals surface area (Å²) >= 11 is 0. The Labute approximate surface area is 409 Å². The van der Waals surface area contributed by atoms with Crippen molar-refractivity contribution in [2.24, 2.45) is 0 Å². The average molecular weight is 919 g/mol. The molecule has 0 heterocycles. The second-order valence-electron chi connectivity index (χ2n) is 15.9. The van der Waals surface area contributed by atoms with E-state index in [2.05, 4.69) is 179 Å². The molecule has 0 unspecified atom stereocenters. The molecule has 0 aliphatic heterocycles. The lowest BCUT2D eigenvalue weighted by molar-refractivity contribution is -0.166. The molecule has 0 amide bonds. The number of unbranched alkanes of at least 4 members (excludes halogenated alkanes) is 4. The smallest absolute Gasteiger partial charge is 0.306 e. The molecule has 0 radical (unpaired) electrons. The highest BCUT2D eigenvalue weighted by Crippen LogP contribution is 2.09. The lowest BCUT2D eigenvalue weighted by Crippen LogP contribution is -2.30. The first kappa shape index (κ1) is 61.8. The van der Waals surface area contributed by atoms with Crippen molar-refractivity contribution in [2.45, 2.75) is 181 Å². The molecule has 1 atom stereocenters. The number of rotatable bonds is 43. The summed E-state index contributed by atoms with van der Waals surface area (Å²) in [5, 5.41) is 0. The van der Waals surface area contributed by atoms with Crippen LogP contribution in [0.25, 0.3) is 0 Å². The first-order valence-electron chi connectivity index (χ1n) is 25.6. The summed E-state index contributed by atoms with van der Waals surface area (Å²) in [4.78, 5) is 38.0. The molecule has 370 valence electrons. The zero-order chi connectivity index (χ0) is 48.6. The van der Waals surface area contributed by atoms with Crippen molar-refractivity contribution in [2.75, 3.05) is 13.2 Å². The zero-order valence-electron chi connectivity index (χ0n) is 42.1. The van der Waals surface area contributed by atoms with Crippen molar-refractivity contribution >= 4 is 17.9 Å². The fraction of sp³-hybridized carbons (Fsp3) is 0.492. The Morgan fingerprint density at radius 3 is 0.866 bits per heavy atom. The number of hydrogen-bond donors (Lipinski definition) is 0. The van der Waals surface area contributed by atoms with Crippen molar-refractivity contribution < 1.29 is 28.6 Å². The van der Waals surface area contributed by atoms with Gasteiger partial charge in [-0.15, -0.1) is 0 Å². The number of ether oxygens (including phenoxy) is 3. The molecule has 0 saturated heterocycles. The van der Waals surface area contributed by atoms with Crippen LogP contribution in [-0.4, -0.2) is 37.2 Å². The fourth-order valence-corrected chi connectivity index (χ4v) is 5.98. The molecule has 0 fully saturated rings. The van der Waals surface area contributed by atoms with Crippen molar-refractivity contribution in [3.8, 4) is 0 Å². The predicted molar refractivity (Wildman–Crippen MR) is 288 cm³/mol. The third kappa shape index (κ3) is 51.6. The Morgan fingerprint density at radius 1 is 0.299 bits per heavy atom. The van der Waals surface area contributed by atoms with Gasteiger partial charge in [0.15, 0.2) is 6.10 Å². The van der Waals surface area contributed by atoms with Gasteiger partial charge in [-0.1, -0.05) is 191 Å². The van der Waals surface area contributed by atoms with Crippen molar-refractivity contribution in [3.05, 3.63) is 170 Å². The molecular weight excluding hydrogens is 829 g/mol. The van der Waals surface area contributed by atoms with Gasteiger partial charge in [0.1, 0.15) is 13.2 Å². The minimum atomic E-state index is -0.856. The van der Waals surface area contributed by atoms with E-state index in [1.165, 1.54) is 0 Å². The van der Waals surface area contributed by atoms with E-state index in [0.717, 1.165) is 116 Å². The molecule has 0 spiro atoms. The van der Waals surface area contributed by atoms with Gasteiger partial charge in [-0.2, -0.15) is 0 Å². The topological polar surface area (TPSA) is 78.9 Å². The van der Waals surface area contributed by atoms with Gasteiger partial charge in [0.25, 0.3) is 0 Å². The monoisotopic (exact) mass is 919 g/mol. The van der Waals surface area contributed by atoms with E-state index >= 15 is 0 Å². The minimum absolute atomic E-state index is 0.149. The average Bonchev–Trinajstić information content (AvgIpc) is 3.33. The van der Waals surface area contributed by atoms with Crippen LogP contribution in [0, 0.1) is 0 Å². The largest absolute Gasteiger partial charge is 0.462 e. The molecular formula is C61H90O6. The van der Waals surface area contributed by atoms with Crippen LogP contribution in [0.4, 0.5) is 0 Å². The highest BCUT2D eigenvalue weighted by molar-refractivity contribution is 5.71. The highest BCUT2D eigenvalue weighted by Gasteiger charge is 2.19. The number of carbonyl (C=O) groups is 3. The van der Waals surface area contributed by atoms with E-state index in [9.17, 15) is 14.4 Å². The molecule has 0 saturated carbocycles. The fourth-order valence-electron chi connectivity index (χ4n) is 5.98. The molecule has 0 rings (SSSR count). The van der Waals surface area contributed by atoms with Crippen LogP contribution < -0.4 is 0 Å². The Kier molecular flexibility index (Phi) is 49.2. The highest BCUT2D eigenvalue weighted by atomic mass is 16.6. The van der Waals surface area contributed by atoms with Gasteiger partial charge in [-0.3, -0.25) is 14.4 Å². The first-order chi connectivity index (χ1) is 33.0. The van der Waals surface area contributed by atoms with Gasteiger partial charge in [0.2, 0.25) is 0 Å². The maximum Gasteiger partial charge on any atom is 0.306 e. The lowest BCUT2D eigenvalue weighted by Gasteiger charge is -2.18. The van der Waals surface area contributed by atoms with Crippen molar-refractivity contribution in [3.63, 3.8) is 0 Å². The van der Waals surface area contributed by atoms with Gasteiger partial charge >= 0.3 is 17.9 Å². The van der Waals surface area contributed by atoms with E-state index in [0.29, 0.717) is 19.3 Å². The van der Waals surface area contributed by atoms with E-state index in [4.69, 9.17) is 14.2 Å². The maximum atomic E-state index is 12.8. The molecule has 0 bridgehead atoms. The van der Waals surface area contributed by atoms with Crippen LogP contribution in [-0.2, 0) is 28.6 Å². The van der Waals surface area contributed by atoms with Crippen LogP contribution >= 0.6 is 0 Å². The van der Waals surface area contributed by atoms with Crippen LogP contribution in [0.15, 0.2) is 170 Å². The van der Waals surface area contributed by atoms with Crippen molar-refractivity contribution in [1.82, 2.24) is 0 Å². The number of hydrogen-bond acceptors (Lipinski definition) is 6. The van der Waals surface area contributed by atoms with E-state index < -0.39 is 12.1 Å². The summed E-state index contributed by atoms with van der Waals surface area (Å²) in [5.74, 6) is -1.13. The van der Waals surface area contributed by atoms with E-state index in [1.807, 2.05) is 12.2 Å². The van der Waals surface area contributed by atoms with Crippen LogP contribution in [0.3, 0.4) is 0 Å². The SMILES string of the molecule is CC/C=C\C/C=C\C/C=C\C/C=C\C/C=C\C/C=C\CCC(=O)OC[C@H](COC(=O)CCCC/C=C\C/C=C\C/C=C\C/C=C\CC)OC(=O)CCCC/C=C\C/C=C\C/C=C\C/C=C\CC. The Hall–Kier alpha value is -5.23. The summed E-state index contributed by atoms with van der Waals surface area (Å²) < 4.78 is 16.6. The second kappa shape index (κ2) is 53.4. The first-order valence-corrected chi connectivity index (χ1v) is 25.6. The summed E-state index contributed by atoms with van der Waals surface area (Å²) in [6.07, 6.45) is 79.2. The molecule has 6 nitrogen and oxygen atoms in total. The third-order valence-electron chi connectivity index (χ3n) is 9.71. The number of carbonyl (C=O) groups excluding carboxylic acids is 3. The minimum Gasteiger partial charge on any atom is -0.462 e. The van der Waals surface area contributed by atoms with Crippen LogP contribution in [0.2, 0.25) is 0 Å². The van der Waals surface area contributed by atoms with Gasteiger partial charge in [0.05, 0.1) is 0 Å². The lowest BCUT2D eigenvalue weighted by atomic mass is 10.1. The standard InChI is InChI=1S/C61H90O6/c1-4-7-10-13-16-19-22-25-28-29-30-31-34-36-39-42-45-48-51-54-60(63)66-57-58(67-61(64)55-52-49-46-43-40-37-33-27-24-21-18-15-12-9-6-3)56-65-59(62)53-50-47-44-41-38-35-32-26-23-20-17-14-11-8-5-2/h7-12,16-21,25-28,30-33,36,38-41,43,45,48,58H,4-6,13-15,22-24,29,34-35,37,42,44,46-47,49-57H2,1-3H3/b10-7-,11-8-,12-9-,19-16-,20-17-,21-18-,28-25-,31-30-,32-26-,33-27-,39-36-,41-38-,43-40-,48-45-/t58-/m0/s1. The predicted octanol–water partition coefficient (Wildman–Crippen LogP) is 17.2. The Balaban J connectivity index is 4.67. The molecule has 0 aliphatic carbocycles. The van der Waals surface area contributed by atoms with Gasteiger partial charge in [-0.05, 0) is 135 Å². The summed E-state index contributed by atoms with van der Waals surface area (Å²) in [6.45, 7) is 6.12. The second-order valence-corrected chi connectivity index (χ2v) is 15.9. The molecule has 6 heteroatoms. The van der Waals surface area contributed by atoms with Gasteiger partial charge in [0, 0.05) is 19.3 Å². The van der Waals surface area contributed by atoms with E-state index in [-0.39, 0.29) is 44.4 Å². The van der Waals surface area contributed by atoms with Gasteiger partial charge < -0.3 is 14.2 Å². The Morgan fingerprint density at radius 2 is 0.552 bits per heavy atom. The summed E-state index contributed by atoms with van der Waals surface area (Å²) in [6, 6.07) is 0. The molecule has 0 aromatic heterocycles. The van der Waals surface area contributed by atoms with Crippen LogP contribution in [0.1, 0.15) is 175 Å². The quantitative estimate of drug-likeness (QED) is 0.0262. The van der Waals surface area contributed by atoms with Crippen LogP contribution in [0.5, 0.6) is 0 Å². The molecule has 0 N–H and O–H groups in total. The summed E-state index contributed by atoms with van der Waals surface area (Å²) in [7, 11) is 0. The normalized spacial score (nSPS) is 13.5. The summed E-state index contributed by atoms with van der Waals surface area (Å²) in [5.41, 5.74) is 0. The molecule has 67 heavy (non-hydrogen) atoms. The van der Waals surface area contributed by atoms with Gasteiger partial charge in [-0.25, -0.2) is 0 Å². The van der Waals surface area contributed by atoms with Crippen molar-refractivity contribution in [1.29, 1.82) is 0 Å². The number of allylic oxidation sites excluding steroid dienone is 28. The molecule has 0 aliphatic rings. The Bertz CT molecular complexity index is 1620. The molecule has 0 aromatic rings. The van der Waals surface area contributed by atoms with E-state index in [1.54, 1.807) is 0 Å².